The van der Waals surface area contributed by atoms with Crippen molar-refractivity contribution in [1.29, 1.82) is 0 Å². The molecule has 0 aromatic carbocycles. The zero-order chi connectivity index (χ0) is 9.84. The first-order valence-corrected chi connectivity index (χ1v) is 4.77. The quantitative estimate of drug-likeness (QED) is 0.740. The minimum Gasteiger partial charge on any atom is -0.356 e. The van der Waals surface area contributed by atoms with E-state index in [-0.39, 0.29) is 11.9 Å². The van der Waals surface area contributed by atoms with E-state index in [0.29, 0.717) is 12.2 Å². The maximum absolute atomic E-state index is 11.4. The van der Waals surface area contributed by atoms with E-state index in [2.05, 4.69) is 26.2 Å². The zero-order valence-corrected chi connectivity index (χ0v) is 8.89. The number of carbonyl (C=O) groups excluding carboxylic acids is 1. The maximum atomic E-state index is 11.4. The first-order valence-electron chi connectivity index (χ1n) is 3.98. The van der Waals surface area contributed by atoms with E-state index in [9.17, 15) is 4.79 Å². The Labute approximate surface area is 85.0 Å². The summed E-state index contributed by atoms with van der Waals surface area (Å²) >= 11 is 3.25. The lowest BCUT2D eigenvalue weighted by atomic mass is 10.3. The molecule has 1 heterocycles. The van der Waals surface area contributed by atoms with Gasteiger partial charge in [-0.3, -0.25) is 4.79 Å². The lowest BCUT2D eigenvalue weighted by molar-refractivity contribution is 0.0937. The highest BCUT2D eigenvalue weighted by atomic mass is 79.9. The summed E-state index contributed by atoms with van der Waals surface area (Å²) in [5, 5.41) is 2.74. The van der Waals surface area contributed by atoms with Gasteiger partial charge >= 0.3 is 0 Å². The molecule has 4 nitrogen and oxygen atoms in total. The molecule has 0 aliphatic carbocycles. The van der Waals surface area contributed by atoms with Crippen LogP contribution in [0.1, 0.15) is 17.4 Å². The molecule has 72 valence electrons. The van der Waals surface area contributed by atoms with Crippen LogP contribution in [0, 0.1) is 0 Å². The monoisotopic (exact) mass is 245 g/mol. The summed E-state index contributed by atoms with van der Waals surface area (Å²) in [5.41, 5.74) is 5.90. The minimum absolute atomic E-state index is 0.00502. The maximum Gasteiger partial charge on any atom is 0.267 e. The fourth-order valence-corrected chi connectivity index (χ4v) is 1.20. The van der Waals surface area contributed by atoms with E-state index in [1.807, 2.05) is 6.92 Å². The van der Waals surface area contributed by atoms with Crippen molar-refractivity contribution in [1.82, 2.24) is 10.3 Å². The smallest absolute Gasteiger partial charge is 0.267 e. The molecule has 0 fully saturated rings. The Kier molecular flexibility index (Phi) is 3.50. The van der Waals surface area contributed by atoms with Crippen LogP contribution in [0.25, 0.3) is 0 Å². The molecule has 0 spiro atoms. The van der Waals surface area contributed by atoms with Crippen LogP contribution in [-0.2, 0) is 0 Å². The summed E-state index contributed by atoms with van der Waals surface area (Å²) in [7, 11) is 0. The molecule has 0 bridgehead atoms. The molecule has 0 aliphatic rings. The van der Waals surface area contributed by atoms with E-state index in [1.165, 1.54) is 0 Å². The highest BCUT2D eigenvalue weighted by molar-refractivity contribution is 9.10. The molecule has 5 heteroatoms. The second-order valence-corrected chi connectivity index (χ2v) is 3.76. The van der Waals surface area contributed by atoms with Crippen LogP contribution in [0.4, 0.5) is 0 Å². The Hall–Kier alpha value is -0.810. The van der Waals surface area contributed by atoms with Crippen molar-refractivity contribution < 1.29 is 4.79 Å². The fourth-order valence-electron chi connectivity index (χ4n) is 0.859. The predicted molar refractivity (Wildman–Crippen MR) is 54.5 cm³/mol. The predicted octanol–water partition coefficient (Wildman–Crippen LogP) is 0.854. The molecule has 4 N–H and O–H groups in total. The van der Waals surface area contributed by atoms with Crippen LogP contribution >= 0.6 is 15.9 Å². The molecule has 1 aromatic heterocycles. The topological polar surface area (TPSA) is 70.9 Å². The van der Waals surface area contributed by atoms with Crippen molar-refractivity contribution >= 4 is 21.8 Å². The third-order valence-corrected chi connectivity index (χ3v) is 2.08. The number of H-pyrrole nitrogens is 1. The molecule has 0 saturated heterocycles. The Morgan fingerprint density at radius 3 is 3.00 bits per heavy atom. The molecule has 1 amide bonds. The first-order chi connectivity index (χ1) is 6.13. The van der Waals surface area contributed by atoms with Gasteiger partial charge in [0.1, 0.15) is 5.69 Å². The van der Waals surface area contributed by atoms with Gasteiger partial charge in [-0.2, -0.15) is 0 Å². The number of rotatable bonds is 3. The van der Waals surface area contributed by atoms with Gasteiger partial charge in [-0.05, 0) is 28.9 Å². The Morgan fingerprint density at radius 1 is 1.85 bits per heavy atom. The van der Waals surface area contributed by atoms with Gasteiger partial charge in [-0.15, -0.1) is 0 Å². The summed E-state index contributed by atoms with van der Waals surface area (Å²) in [5.74, 6) is -0.136. The second kappa shape index (κ2) is 4.43. The third-order valence-electron chi connectivity index (χ3n) is 1.62. The van der Waals surface area contributed by atoms with Crippen molar-refractivity contribution in [2.75, 3.05) is 6.54 Å². The van der Waals surface area contributed by atoms with Gasteiger partial charge in [0.2, 0.25) is 0 Å². The van der Waals surface area contributed by atoms with Crippen LogP contribution < -0.4 is 11.1 Å². The summed E-state index contributed by atoms with van der Waals surface area (Å²) < 4.78 is 0.859. The van der Waals surface area contributed by atoms with Crippen LogP contribution in [0.15, 0.2) is 16.7 Å². The number of aromatic nitrogens is 1. The van der Waals surface area contributed by atoms with Gasteiger partial charge in [0.05, 0.1) is 0 Å². The van der Waals surface area contributed by atoms with Crippen LogP contribution in [0.5, 0.6) is 0 Å². The van der Waals surface area contributed by atoms with Crippen molar-refractivity contribution in [3.05, 3.63) is 22.4 Å². The number of nitrogens with two attached hydrogens (primary N) is 1. The summed E-state index contributed by atoms with van der Waals surface area (Å²) in [6, 6.07) is 1.72. The molecule has 1 atom stereocenters. The summed E-state index contributed by atoms with van der Waals surface area (Å²) in [6.07, 6.45) is 1.71. The van der Waals surface area contributed by atoms with Gasteiger partial charge in [0.15, 0.2) is 0 Å². The van der Waals surface area contributed by atoms with Crippen molar-refractivity contribution in [2.24, 2.45) is 5.73 Å². The summed E-state index contributed by atoms with van der Waals surface area (Å²) in [6.45, 7) is 2.30. The zero-order valence-electron chi connectivity index (χ0n) is 7.30. The summed E-state index contributed by atoms with van der Waals surface area (Å²) in [4.78, 5) is 14.2. The molecule has 0 aliphatic heterocycles. The molecule has 13 heavy (non-hydrogen) atoms. The fraction of sp³-hybridized carbons (Fsp3) is 0.375. The van der Waals surface area contributed by atoms with E-state index in [1.54, 1.807) is 12.3 Å². The molecule has 1 aromatic rings. The number of carbonyl (C=O) groups is 1. The SMILES string of the molecule is CC(CN)NC(=O)c1cc(Br)c[nH]1. The minimum atomic E-state index is -0.136. The molecule has 1 unspecified atom stereocenters. The van der Waals surface area contributed by atoms with Gasteiger partial charge in [0.25, 0.3) is 5.91 Å². The van der Waals surface area contributed by atoms with Gasteiger partial charge in [-0.1, -0.05) is 0 Å². The van der Waals surface area contributed by atoms with E-state index in [4.69, 9.17) is 5.73 Å². The lowest BCUT2D eigenvalue weighted by Crippen LogP contribution is -2.37. The molecular formula is C8H12BrN3O. The number of aromatic amines is 1. The molecule has 0 saturated carbocycles. The van der Waals surface area contributed by atoms with Gasteiger partial charge < -0.3 is 16.0 Å². The average Bonchev–Trinajstić information content (AvgIpc) is 2.51. The number of nitrogens with one attached hydrogen (secondary N) is 2. The van der Waals surface area contributed by atoms with E-state index in [0.717, 1.165) is 4.47 Å². The highest BCUT2D eigenvalue weighted by Gasteiger charge is 2.09. The highest BCUT2D eigenvalue weighted by Crippen LogP contribution is 2.10. The van der Waals surface area contributed by atoms with Crippen LogP contribution in [0.3, 0.4) is 0 Å². The Bertz CT molecular complexity index is 297. The normalized spacial score (nSPS) is 12.5. The number of hydrogen-bond donors (Lipinski definition) is 3. The van der Waals surface area contributed by atoms with Crippen molar-refractivity contribution in [2.45, 2.75) is 13.0 Å². The van der Waals surface area contributed by atoms with Crippen LogP contribution in [-0.4, -0.2) is 23.5 Å². The van der Waals surface area contributed by atoms with Gasteiger partial charge in [-0.25, -0.2) is 0 Å². The lowest BCUT2D eigenvalue weighted by Gasteiger charge is -2.09. The number of halogens is 1. The Balaban J connectivity index is 2.58. The van der Waals surface area contributed by atoms with Crippen molar-refractivity contribution in [3.63, 3.8) is 0 Å². The van der Waals surface area contributed by atoms with E-state index < -0.39 is 0 Å². The number of hydrogen-bond acceptors (Lipinski definition) is 2. The van der Waals surface area contributed by atoms with Crippen molar-refractivity contribution in [3.8, 4) is 0 Å². The first kappa shape index (κ1) is 10.3. The number of amides is 1. The van der Waals surface area contributed by atoms with E-state index >= 15 is 0 Å². The average molecular weight is 246 g/mol. The standard InChI is InChI=1S/C8H12BrN3O/c1-5(3-10)12-8(13)7-2-6(9)4-11-7/h2,4-5,11H,3,10H2,1H3,(H,12,13). The Morgan fingerprint density at radius 2 is 2.54 bits per heavy atom. The molecule has 1 rings (SSSR count). The second-order valence-electron chi connectivity index (χ2n) is 2.84. The van der Waals surface area contributed by atoms with Gasteiger partial charge in [0, 0.05) is 23.3 Å². The van der Waals surface area contributed by atoms with Crippen LogP contribution in [0.2, 0.25) is 0 Å². The third kappa shape index (κ3) is 2.86. The largest absolute Gasteiger partial charge is 0.356 e. The molecule has 0 radical (unpaired) electrons. The molecular weight excluding hydrogens is 234 g/mol.